The van der Waals surface area contributed by atoms with Gasteiger partial charge in [0.15, 0.2) is 0 Å². The topological polar surface area (TPSA) is 29.9 Å². The summed E-state index contributed by atoms with van der Waals surface area (Å²) in [6, 6.07) is 0.428. The Kier molecular flexibility index (Phi) is 3.86. The maximum atomic E-state index is 5.24. The van der Waals surface area contributed by atoms with Crippen LogP contribution in [0.1, 0.15) is 43.0 Å². The lowest BCUT2D eigenvalue weighted by Crippen LogP contribution is -2.26. The van der Waals surface area contributed by atoms with Gasteiger partial charge in [0.25, 0.3) is 0 Å². The molecule has 0 fully saturated rings. The summed E-state index contributed by atoms with van der Waals surface area (Å²) in [5.74, 6) is 3.75. The summed E-state index contributed by atoms with van der Waals surface area (Å²) < 4.78 is 2.39. The number of rotatable bonds is 4. The van der Waals surface area contributed by atoms with Crippen LogP contribution in [0.3, 0.4) is 0 Å². The second-order valence-electron chi connectivity index (χ2n) is 4.81. The molecule has 1 aliphatic rings. The van der Waals surface area contributed by atoms with Gasteiger partial charge in [0.2, 0.25) is 0 Å². The summed E-state index contributed by atoms with van der Waals surface area (Å²) in [6.07, 6.45) is 10.1. The van der Waals surface area contributed by atoms with Crippen molar-refractivity contribution < 1.29 is 0 Å². The molecule has 1 heterocycles. The van der Waals surface area contributed by atoms with Crippen LogP contribution in [0.4, 0.5) is 0 Å². The van der Waals surface area contributed by atoms with Crippen LogP contribution < -0.4 is 5.32 Å². The zero-order chi connectivity index (χ0) is 12.3. The minimum absolute atomic E-state index is 0.428. The molecule has 0 bridgehead atoms. The summed E-state index contributed by atoms with van der Waals surface area (Å²) in [5.41, 5.74) is 2.77. The normalized spacial score (nSPS) is 16.3. The largest absolute Gasteiger partial charge is 0.328 e. The van der Waals surface area contributed by atoms with Gasteiger partial charge in [-0.3, -0.25) is 0 Å². The van der Waals surface area contributed by atoms with Crippen LogP contribution in [0.15, 0.2) is 0 Å². The van der Waals surface area contributed by atoms with Crippen LogP contribution >= 0.6 is 0 Å². The summed E-state index contributed by atoms with van der Waals surface area (Å²) in [7, 11) is 0. The van der Waals surface area contributed by atoms with Crippen molar-refractivity contribution in [2.75, 3.05) is 13.1 Å². The number of hydrogen-bond donors (Lipinski definition) is 1. The molecule has 1 N–H and O–H groups in total. The molecule has 1 unspecified atom stereocenters. The van der Waals surface area contributed by atoms with E-state index in [0.717, 1.165) is 18.8 Å². The van der Waals surface area contributed by atoms with Gasteiger partial charge in [-0.2, -0.15) is 0 Å². The molecule has 1 aromatic heterocycles. The molecule has 1 aromatic rings. The summed E-state index contributed by atoms with van der Waals surface area (Å²) in [6.45, 7) is 5.89. The van der Waals surface area contributed by atoms with Gasteiger partial charge >= 0.3 is 0 Å². The highest BCUT2D eigenvalue weighted by Gasteiger charge is 2.20. The Bertz CT molecular complexity index is 425. The second kappa shape index (κ2) is 5.37. The lowest BCUT2D eigenvalue weighted by Gasteiger charge is -2.20. The summed E-state index contributed by atoms with van der Waals surface area (Å²) in [4.78, 5) is 4.70. The molecular weight excluding hydrogens is 210 g/mol. The Morgan fingerprint density at radius 2 is 2.24 bits per heavy atom. The molecule has 0 spiro atoms. The van der Waals surface area contributed by atoms with E-state index in [4.69, 9.17) is 11.4 Å². The Hall–Kier alpha value is -1.27. The number of imidazole rings is 1. The number of aromatic nitrogens is 2. The van der Waals surface area contributed by atoms with E-state index in [-0.39, 0.29) is 0 Å². The van der Waals surface area contributed by atoms with Gasteiger partial charge in [-0.05, 0) is 39.5 Å². The van der Waals surface area contributed by atoms with Gasteiger partial charge in [0.1, 0.15) is 5.82 Å². The molecule has 0 saturated carbocycles. The van der Waals surface area contributed by atoms with Gasteiger partial charge in [-0.25, -0.2) is 4.98 Å². The third kappa shape index (κ3) is 2.53. The van der Waals surface area contributed by atoms with Crippen LogP contribution in [0.5, 0.6) is 0 Å². The van der Waals surface area contributed by atoms with E-state index in [2.05, 4.69) is 29.7 Å². The number of hydrogen-bond acceptors (Lipinski definition) is 2. The van der Waals surface area contributed by atoms with Crippen molar-refractivity contribution in [1.29, 1.82) is 0 Å². The predicted molar refractivity (Wildman–Crippen MR) is 70.0 cm³/mol. The van der Waals surface area contributed by atoms with Crippen molar-refractivity contribution in [3.63, 3.8) is 0 Å². The third-order valence-electron chi connectivity index (χ3n) is 3.45. The number of fused-ring (bicyclic) bond motifs is 1. The standard InChI is InChI=1S/C14H21N3/c1-4-9-15-10-11(2)17-12(3)16-13-7-5-6-8-14(13)17/h1,11,15H,5-10H2,2-3H3. The molecule has 17 heavy (non-hydrogen) atoms. The van der Waals surface area contributed by atoms with Gasteiger partial charge < -0.3 is 9.88 Å². The van der Waals surface area contributed by atoms with E-state index >= 15 is 0 Å². The fourth-order valence-electron chi connectivity index (χ4n) is 2.73. The van der Waals surface area contributed by atoms with E-state index in [0.29, 0.717) is 12.6 Å². The summed E-state index contributed by atoms with van der Waals surface area (Å²) >= 11 is 0. The van der Waals surface area contributed by atoms with Gasteiger partial charge in [0.05, 0.1) is 12.2 Å². The first-order valence-electron chi connectivity index (χ1n) is 6.44. The van der Waals surface area contributed by atoms with E-state index in [1.54, 1.807) is 0 Å². The fourth-order valence-corrected chi connectivity index (χ4v) is 2.73. The van der Waals surface area contributed by atoms with Crippen molar-refractivity contribution >= 4 is 0 Å². The Morgan fingerprint density at radius 3 is 3.00 bits per heavy atom. The number of nitrogens with one attached hydrogen (secondary N) is 1. The Balaban J connectivity index is 2.14. The zero-order valence-corrected chi connectivity index (χ0v) is 10.8. The quantitative estimate of drug-likeness (QED) is 0.633. The van der Waals surface area contributed by atoms with Gasteiger partial charge in [-0.15, -0.1) is 6.42 Å². The second-order valence-corrected chi connectivity index (χ2v) is 4.81. The van der Waals surface area contributed by atoms with Crippen LogP contribution in [0, 0.1) is 19.3 Å². The molecule has 2 rings (SSSR count). The first-order valence-corrected chi connectivity index (χ1v) is 6.44. The van der Waals surface area contributed by atoms with Crippen molar-refractivity contribution in [3.05, 3.63) is 17.2 Å². The van der Waals surface area contributed by atoms with E-state index in [9.17, 15) is 0 Å². The van der Waals surface area contributed by atoms with Crippen molar-refractivity contribution in [2.45, 2.75) is 45.6 Å². The lowest BCUT2D eigenvalue weighted by molar-refractivity contribution is 0.476. The Labute approximate surface area is 104 Å². The zero-order valence-electron chi connectivity index (χ0n) is 10.8. The SMILES string of the molecule is C#CCNCC(C)n1c(C)nc2c1CCCC2. The molecule has 1 aliphatic carbocycles. The van der Waals surface area contributed by atoms with Crippen LogP contribution in [-0.2, 0) is 12.8 Å². The molecule has 3 nitrogen and oxygen atoms in total. The number of nitrogens with zero attached hydrogens (tertiary/aromatic N) is 2. The van der Waals surface area contributed by atoms with Crippen molar-refractivity contribution in [1.82, 2.24) is 14.9 Å². The fraction of sp³-hybridized carbons (Fsp3) is 0.643. The van der Waals surface area contributed by atoms with Crippen molar-refractivity contribution in [3.8, 4) is 12.3 Å². The minimum atomic E-state index is 0.428. The highest BCUT2D eigenvalue weighted by molar-refractivity contribution is 5.20. The van der Waals surface area contributed by atoms with E-state index in [1.807, 2.05) is 0 Å². The molecule has 0 radical (unpaired) electrons. The maximum absolute atomic E-state index is 5.24. The molecular formula is C14H21N3. The minimum Gasteiger partial charge on any atom is -0.328 e. The highest BCUT2D eigenvalue weighted by Crippen LogP contribution is 2.24. The molecule has 0 aliphatic heterocycles. The maximum Gasteiger partial charge on any atom is 0.106 e. The highest BCUT2D eigenvalue weighted by atomic mass is 15.1. The van der Waals surface area contributed by atoms with Crippen LogP contribution in [0.2, 0.25) is 0 Å². The van der Waals surface area contributed by atoms with Crippen molar-refractivity contribution in [2.24, 2.45) is 0 Å². The predicted octanol–water partition coefficient (Wildman–Crippen LogP) is 1.85. The molecule has 1 atom stereocenters. The molecule has 0 amide bonds. The first-order chi connectivity index (χ1) is 8.24. The number of aryl methyl sites for hydroxylation is 2. The van der Waals surface area contributed by atoms with Crippen LogP contribution in [-0.4, -0.2) is 22.6 Å². The summed E-state index contributed by atoms with van der Waals surface area (Å²) in [5, 5.41) is 3.27. The Morgan fingerprint density at radius 1 is 1.47 bits per heavy atom. The first kappa shape index (κ1) is 12.2. The van der Waals surface area contributed by atoms with E-state index in [1.165, 1.54) is 30.7 Å². The smallest absolute Gasteiger partial charge is 0.106 e. The average Bonchev–Trinajstić information content (AvgIpc) is 2.65. The molecule has 92 valence electrons. The lowest BCUT2D eigenvalue weighted by atomic mass is 10.0. The van der Waals surface area contributed by atoms with Crippen LogP contribution in [0.25, 0.3) is 0 Å². The number of terminal acetylenes is 1. The van der Waals surface area contributed by atoms with Gasteiger partial charge in [-0.1, -0.05) is 5.92 Å². The molecule has 0 aromatic carbocycles. The van der Waals surface area contributed by atoms with Gasteiger partial charge in [0, 0.05) is 18.3 Å². The van der Waals surface area contributed by atoms with E-state index < -0.39 is 0 Å². The third-order valence-corrected chi connectivity index (χ3v) is 3.45. The monoisotopic (exact) mass is 231 g/mol. The average molecular weight is 231 g/mol. The molecule has 0 saturated heterocycles. The molecule has 3 heteroatoms.